The number of nitrogens with one attached hydrogen (secondary N) is 2. The highest BCUT2D eigenvalue weighted by atomic mass is 16.6. The van der Waals surface area contributed by atoms with Crippen LogP contribution in [0.5, 0.6) is 0 Å². The maximum Gasteiger partial charge on any atom is 0.408 e. The average Bonchev–Trinajstić information content (AvgIpc) is 3.49. The molecule has 1 saturated heterocycles. The second-order valence-corrected chi connectivity index (χ2v) is 11.9. The van der Waals surface area contributed by atoms with Gasteiger partial charge >= 0.3 is 12.1 Å². The molecule has 3 atom stereocenters. The molecule has 1 fully saturated rings. The van der Waals surface area contributed by atoms with E-state index in [1.807, 2.05) is 43.0 Å². The Morgan fingerprint density at radius 2 is 1.80 bits per heavy atom. The van der Waals surface area contributed by atoms with Gasteiger partial charge in [-0.1, -0.05) is 32.0 Å². The zero-order valence-corrected chi connectivity index (χ0v) is 25.4. The Morgan fingerprint density at radius 1 is 1.10 bits per heavy atom. The van der Waals surface area contributed by atoms with Gasteiger partial charge in [-0.2, -0.15) is 0 Å². The van der Waals surface area contributed by atoms with Crippen LogP contribution >= 0.6 is 0 Å². The molecule has 0 radical (unpaired) electrons. The number of carbonyl (C=O) groups excluding carboxylic acids is 4. The minimum atomic E-state index is -0.882. The summed E-state index contributed by atoms with van der Waals surface area (Å²) in [6, 6.07) is 6.04. The maximum atomic E-state index is 13.8. The summed E-state index contributed by atoms with van der Waals surface area (Å²) in [5.74, 6) is -0.324. The van der Waals surface area contributed by atoms with Crippen molar-refractivity contribution in [3.63, 3.8) is 0 Å². The Kier molecular flexibility index (Phi) is 10.8. The van der Waals surface area contributed by atoms with E-state index in [9.17, 15) is 19.2 Å². The van der Waals surface area contributed by atoms with Gasteiger partial charge in [0.15, 0.2) is 0 Å². The van der Waals surface area contributed by atoms with Gasteiger partial charge in [-0.25, -0.2) is 4.79 Å². The van der Waals surface area contributed by atoms with Crippen LogP contribution in [0.2, 0.25) is 0 Å². The van der Waals surface area contributed by atoms with Crippen molar-refractivity contribution in [3.05, 3.63) is 35.6 Å². The largest absolute Gasteiger partial charge is 0.466 e. The molecular weight excluding hydrogens is 526 g/mol. The van der Waals surface area contributed by atoms with E-state index in [0.717, 1.165) is 35.1 Å². The van der Waals surface area contributed by atoms with Crippen LogP contribution in [0, 0.1) is 5.92 Å². The molecule has 2 N–H and O–H groups in total. The number of rotatable bonds is 11. The van der Waals surface area contributed by atoms with Crippen molar-refractivity contribution in [1.82, 2.24) is 15.5 Å². The van der Waals surface area contributed by atoms with E-state index >= 15 is 0 Å². The number of nitrogens with zero attached hydrogens (tertiary/aromatic N) is 1. The number of alkyl carbamates (subject to hydrolysis) is 1. The molecule has 3 rings (SSSR count). The molecule has 0 bridgehead atoms. The molecule has 2 aromatic rings. The van der Waals surface area contributed by atoms with Crippen molar-refractivity contribution in [2.24, 2.45) is 5.92 Å². The van der Waals surface area contributed by atoms with E-state index in [4.69, 9.17) is 13.9 Å². The summed E-state index contributed by atoms with van der Waals surface area (Å²) in [7, 11) is 0. The summed E-state index contributed by atoms with van der Waals surface area (Å²) < 4.78 is 16.5. The van der Waals surface area contributed by atoms with Gasteiger partial charge in [-0.05, 0) is 65.9 Å². The van der Waals surface area contributed by atoms with Crippen LogP contribution in [0.1, 0.15) is 79.1 Å². The number of para-hydroxylation sites is 1. The highest BCUT2D eigenvalue weighted by Crippen LogP contribution is 2.32. The molecule has 10 nitrogen and oxygen atoms in total. The number of esters is 1. The number of amides is 3. The molecule has 0 aliphatic carbocycles. The first-order valence-corrected chi connectivity index (χ1v) is 14.6. The molecule has 1 aromatic carbocycles. The molecule has 1 aromatic heterocycles. The van der Waals surface area contributed by atoms with E-state index < -0.39 is 29.7 Å². The molecule has 3 amide bonds. The van der Waals surface area contributed by atoms with Gasteiger partial charge in [0, 0.05) is 30.0 Å². The third kappa shape index (κ3) is 8.71. The molecule has 0 spiro atoms. The molecule has 226 valence electrons. The lowest BCUT2D eigenvalue weighted by Gasteiger charge is -2.32. The molecule has 1 aliphatic heterocycles. The highest BCUT2D eigenvalue weighted by Gasteiger charge is 2.37. The van der Waals surface area contributed by atoms with E-state index in [0.29, 0.717) is 26.0 Å². The number of carbonyl (C=O) groups is 4. The lowest BCUT2D eigenvalue weighted by molar-refractivity contribution is -0.143. The van der Waals surface area contributed by atoms with Crippen LogP contribution in [-0.2, 0) is 36.7 Å². The van der Waals surface area contributed by atoms with Crippen LogP contribution in [0.4, 0.5) is 4.79 Å². The Balaban J connectivity index is 1.74. The fourth-order valence-electron chi connectivity index (χ4n) is 5.12. The first kappa shape index (κ1) is 32.0. The SMILES string of the molecule is CCOC(=O)CCc1oc2ccccc2c1CC1CCCN1C(=O)C(NC(=O)C(C)NC(=O)OC(C)(C)C)C(C)C. The van der Waals surface area contributed by atoms with Gasteiger partial charge < -0.3 is 29.4 Å². The second-order valence-electron chi connectivity index (χ2n) is 11.9. The third-order valence-corrected chi connectivity index (χ3v) is 7.10. The number of benzene rings is 1. The van der Waals surface area contributed by atoms with Gasteiger partial charge in [0.05, 0.1) is 13.0 Å². The maximum absolute atomic E-state index is 13.8. The summed E-state index contributed by atoms with van der Waals surface area (Å²) in [6.45, 7) is 13.3. The van der Waals surface area contributed by atoms with Gasteiger partial charge in [0.25, 0.3) is 0 Å². The number of fused-ring (bicyclic) bond motifs is 1. The molecule has 10 heteroatoms. The molecule has 41 heavy (non-hydrogen) atoms. The van der Waals surface area contributed by atoms with Crippen molar-refractivity contribution in [2.75, 3.05) is 13.2 Å². The Labute approximate surface area is 242 Å². The van der Waals surface area contributed by atoms with Gasteiger partial charge in [0.2, 0.25) is 11.8 Å². The number of hydrogen-bond donors (Lipinski definition) is 2. The quantitative estimate of drug-likeness (QED) is 0.380. The first-order chi connectivity index (χ1) is 19.3. The number of furan rings is 1. The summed E-state index contributed by atoms with van der Waals surface area (Å²) in [5, 5.41) is 6.37. The number of ether oxygens (including phenoxy) is 2. The minimum Gasteiger partial charge on any atom is -0.466 e. The van der Waals surface area contributed by atoms with E-state index in [-0.39, 0.29) is 30.3 Å². The van der Waals surface area contributed by atoms with Gasteiger partial charge in [-0.3, -0.25) is 14.4 Å². The number of aryl methyl sites for hydroxylation is 1. The lowest BCUT2D eigenvalue weighted by Crippen LogP contribution is -2.56. The Morgan fingerprint density at radius 3 is 2.46 bits per heavy atom. The standard InChI is InChI=1S/C31H45N3O7/c1-8-39-26(35)16-15-25-23(22-13-9-10-14-24(22)40-25)18-21-12-11-17-34(21)29(37)27(19(2)3)33-28(36)20(4)32-30(38)41-31(5,6)7/h9-10,13-14,19-21,27H,8,11-12,15-18H2,1-7H3,(H,32,38)(H,33,36). The predicted octanol–water partition coefficient (Wildman–Crippen LogP) is 4.52. The zero-order chi connectivity index (χ0) is 30.3. The van der Waals surface area contributed by atoms with Crippen molar-refractivity contribution in [1.29, 1.82) is 0 Å². The topological polar surface area (TPSA) is 127 Å². The summed E-state index contributed by atoms with van der Waals surface area (Å²) >= 11 is 0. The number of hydrogen-bond acceptors (Lipinski definition) is 7. The fourth-order valence-corrected chi connectivity index (χ4v) is 5.12. The molecule has 2 heterocycles. The fraction of sp³-hybridized carbons (Fsp3) is 0.613. The van der Waals surface area contributed by atoms with Crippen LogP contribution in [0.25, 0.3) is 11.0 Å². The zero-order valence-electron chi connectivity index (χ0n) is 25.4. The monoisotopic (exact) mass is 571 g/mol. The summed E-state index contributed by atoms with van der Waals surface area (Å²) in [5.41, 5.74) is 1.05. The third-order valence-electron chi connectivity index (χ3n) is 7.10. The smallest absolute Gasteiger partial charge is 0.408 e. The van der Waals surface area contributed by atoms with Gasteiger partial charge in [0.1, 0.15) is 29.0 Å². The Bertz CT molecular complexity index is 1230. The van der Waals surface area contributed by atoms with E-state index in [2.05, 4.69) is 10.6 Å². The normalized spacial score (nSPS) is 16.9. The van der Waals surface area contributed by atoms with Crippen molar-refractivity contribution in [2.45, 2.75) is 104 Å². The molecule has 3 unspecified atom stereocenters. The van der Waals surface area contributed by atoms with Gasteiger partial charge in [-0.15, -0.1) is 0 Å². The second kappa shape index (κ2) is 13.9. The van der Waals surface area contributed by atoms with Crippen LogP contribution in [0.15, 0.2) is 28.7 Å². The minimum absolute atomic E-state index is 0.0830. The molecule has 1 aliphatic rings. The predicted molar refractivity (Wildman–Crippen MR) is 155 cm³/mol. The van der Waals surface area contributed by atoms with Crippen LogP contribution in [-0.4, -0.2) is 65.7 Å². The Hall–Kier alpha value is -3.56. The average molecular weight is 572 g/mol. The first-order valence-electron chi connectivity index (χ1n) is 14.6. The van der Waals surface area contributed by atoms with Crippen LogP contribution < -0.4 is 10.6 Å². The van der Waals surface area contributed by atoms with Crippen LogP contribution in [0.3, 0.4) is 0 Å². The molecular formula is C31H45N3O7. The highest BCUT2D eigenvalue weighted by molar-refractivity contribution is 5.91. The van der Waals surface area contributed by atoms with Crippen molar-refractivity contribution < 1.29 is 33.1 Å². The van der Waals surface area contributed by atoms with E-state index in [1.54, 1.807) is 34.6 Å². The summed E-state index contributed by atoms with van der Waals surface area (Å²) in [4.78, 5) is 52.9. The van der Waals surface area contributed by atoms with Crippen molar-refractivity contribution >= 4 is 34.8 Å². The van der Waals surface area contributed by atoms with Crippen molar-refractivity contribution in [3.8, 4) is 0 Å². The van der Waals surface area contributed by atoms with E-state index in [1.165, 1.54) is 0 Å². The summed E-state index contributed by atoms with van der Waals surface area (Å²) in [6.07, 6.45) is 2.17. The lowest BCUT2D eigenvalue weighted by atomic mass is 9.97. The molecule has 0 saturated carbocycles. The number of likely N-dealkylation sites (tertiary alicyclic amines) is 1.